The maximum absolute atomic E-state index is 11.8. The average molecular weight is 225 g/mol. The Balaban J connectivity index is 1.77. The van der Waals surface area contributed by atoms with Gasteiger partial charge in [0.1, 0.15) is 5.78 Å². The summed E-state index contributed by atoms with van der Waals surface area (Å²) in [4.78, 5) is 14.2. The fraction of sp³-hybridized carbons (Fsp3) is 0.923. The van der Waals surface area contributed by atoms with Crippen molar-refractivity contribution < 1.29 is 9.53 Å². The van der Waals surface area contributed by atoms with Gasteiger partial charge in [0.15, 0.2) is 0 Å². The van der Waals surface area contributed by atoms with E-state index in [4.69, 9.17) is 4.74 Å². The zero-order chi connectivity index (χ0) is 11.8. The van der Waals surface area contributed by atoms with Crippen molar-refractivity contribution in [3.8, 4) is 0 Å². The Morgan fingerprint density at radius 3 is 2.31 bits per heavy atom. The third kappa shape index (κ3) is 2.83. The van der Waals surface area contributed by atoms with E-state index in [9.17, 15) is 4.79 Å². The number of fused-ring (bicyclic) bond motifs is 2. The summed E-state index contributed by atoms with van der Waals surface area (Å²) in [6.07, 6.45) is 3.96. The van der Waals surface area contributed by atoms with Crippen molar-refractivity contribution >= 4 is 5.78 Å². The predicted octanol–water partition coefficient (Wildman–Crippen LogP) is 1.85. The number of rotatable bonds is 3. The molecule has 0 spiro atoms. The van der Waals surface area contributed by atoms with Crippen LogP contribution in [0.3, 0.4) is 0 Å². The van der Waals surface area contributed by atoms with Crippen molar-refractivity contribution in [3.05, 3.63) is 0 Å². The molecule has 0 aromatic rings. The van der Waals surface area contributed by atoms with Crippen molar-refractivity contribution in [2.75, 3.05) is 19.6 Å². The van der Waals surface area contributed by atoms with Crippen LogP contribution in [-0.2, 0) is 9.53 Å². The molecule has 0 aliphatic carbocycles. The summed E-state index contributed by atoms with van der Waals surface area (Å²) in [5.74, 6) is 0.367. The molecule has 0 aromatic heterocycles. The minimum Gasteiger partial charge on any atom is -0.372 e. The number of carbonyl (C=O) groups is 1. The minimum absolute atomic E-state index is 0.189. The molecule has 2 aliphatic rings. The van der Waals surface area contributed by atoms with Gasteiger partial charge in [-0.25, -0.2) is 0 Å². The van der Waals surface area contributed by atoms with Gasteiger partial charge in [-0.05, 0) is 12.8 Å². The lowest BCUT2D eigenvalue weighted by Gasteiger charge is -2.32. The molecule has 0 aromatic carbocycles. The number of nitrogens with zero attached hydrogens (tertiary/aromatic N) is 1. The monoisotopic (exact) mass is 225 g/mol. The molecule has 2 heterocycles. The number of Topliss-reactive ketones (excluding diaryl/α,β-unsaturated/α-hetero) is 1. The van der Waals surface area contributed by atoms with Gasteiger partial charge in [0, 0.05) is 31.5 Å². The van der Waals surface area contributed by atoms with Crippen LogP contribution in [0.1, 0.15) is 40.0 Å². The molecular weight excluding hydrogens is 202 g/mol. The normalized spacial score (nSPS) is 30.7. The van der Waals surface area contributed by atoms with E-state index in [0.29, 0.717) is 24.4 Å². The number of ether oxygens (including phenoxy) is 1. The fourth-order valence-corrected chi connectivity index (χ4v) is 2.52. The van der Waals surface area contributed by atoms with Crippen LogP contribution in [0.2, 0.25) is 0 Å². The molecule has 2 atom stereocenters. The van der Waals surface area contributed by atoms with Crippen LogP contribution < -0.4 is 0 Å². The first-order chi connectivity index (χ1) is 7.45. The van der Waals surface area contributed by atoms with Crippen molar-refractivity contribution in [1.29, 1.82) is 0 Å². The van der Waals surface area contributed by atoms with Gasteiger partial charge in [-0.3, -0.25) is 9.69 Å². The van der Waals surface area contributed by atoms with Crippen molar-refractivity contribution in [1.82, 2.24) is 4.90 Å². The summed E-state index contributed by atoms with van der Waals surface area (Å²) in [7, 11) is 0. The Labute approximate surface area is 98.1 Å². The molecule has 2 unspecified atom stereocenters. The molecule has 0 saturated carbocycles. The highest BCUT2D eigenvalue weighted by Crippen LogP contribution is 2.26. The van der Waals surface area contributed by atoms with Gasteiger partial charge in [0.05, 0.1) is 12.2 Å². The first kappa shape index (κ1) is 12.1. The minimum atomic E-state index is -0.189. The smallest absolute Gasteiger partial charge is 0.139 e. The van der Waals surface area contributed by atoms with Gasteiger partial charge in [0.2, 0.25) is 0 Å². The number of likely N-dealkylation sites (tertiary alicyclic amines) is 1. The Bertz CT molecular complexity index is 258. The summed E-state index contributed by atoms with van der Waals surface area (Å²) in [5.41, 5.74) is -0.189. The highest BCUT2D eigenvalue weighted by Gasteiger charge is 2.33. The van der Waals surface area contributed by atoms with Crippen LogP contribution in [0.25, 0.3) is 0 Å². The van der Waals surface area contributed by atoms with E-state index >= 15 is 0 Å². The molecule has 0 radical (unpaired) electrons. The van der Waals surface area contributed by atoms with E-state index in [-0.39, 0.29) is 5.41 Å². The maximum atomic E-state index is 11.8. The summed E-state index contributed by atoms with van der Waals surface area (Å²) in [5, 5.41) is 0. The molecule has 0 N–H and O–H groups in total. The second kappa shape index (κ2) is 4.46. The van der Waals surface area contributed by atoms with E-state index in [2.05, 4.69) is 4.90 Å². The van der Waals surface area contributed by atoms with Crippen molar-refractivity contribution in [2.24, 2.45) is 5.41 Å². The van der Waals surface area contributed by atoms with Crippen LogP contribution in [0.5, 0.6) is 0 Å². The van der Waals surface area contributed by atoms with Gasteiger partial charge in [-0.2, -0.15) is 0 Å². The number of morpholine rings is 1. The lowest BCUT2D eigenvalue weighted by Crippen LogP contribution is -2.43. The van der Waals surface area contributed by atoms with Gasteiger partial charge < -0.3 is 4.74 Å². The van der Waals surface area contributed by atoms with E-state index in [1.807, 2.05) is 20.8 Å². The Morgan fingerprint density at radius 1 is 1.25 bits per heavy atom. The largest absolute Gasteiger partial charge is 0.372 e. The molecule has 3 nitrogen and oxygen atoms in total. The van der Waals surface area contributed by atoms with Crippen LogP contribution in [0, 0.1) is 5.41 Å². The third-order valence-electron chi connectivity index (χ3n) is 3.61. The molecule has 2 saturated heterocycles. The molecule has 2 bridgehead atoms. The molecule has 2 rings (SSSR count). The molecule has 2 aliphatic heterocycles. The van der Waals surface area contributed by atoms with Gasteiger partial charge >= 0.3 is 0 Å². The van der Waals surface area contributed by atoms with Gasteiger partial charge in [-0.15, -0.1) is 0 Å². The van der Waals surface area contributed by atoms with Crippen LogP contribution in [0.15, 0.2) is 0 Å². The number of ketones is 1. The SMILES string of the molecule is CC(C)(C)C(=O)CCN1CC2CCC(C1)O2. The Kier molecular flexibility index (Phi) is 3.36. The van der Waals surface area contributed by atoms with Gasteiger partial charge in [-0.1, -0.05) is 20.8 Å². The Morgan fingerprint density at radius 2 is 1.81 bits per heavy atom. The zero-order valence-electron chi connectivity index (χ0n) is 10.7. The first-order valence-electron chi connectivity index (χ1n) is 6.36. The molecule has 16 heavy (non-hydrogen) atoms. The topological polar surface area (TPSA) is 29.5 Å². The zero-order valence-corrected chi connectivity index (χ0v) is 10.7. The van der Waals surface area contributed by atoms with Gasteiger partial charge in [0.25, 0.3) is 0 Å². The van der Waals surface area contributed by atoms with E-state index in [1.165, 1.54) is 12.8 Å². The van der Waals surface area contributed by atoms with Crippen molar-refractivity contribution in [2.45, 2.75) is 52.2 Å². The van der Waals surface area contributed by atoms with E-state index in [1.54, 1.807) is 0 Å². The quantitative estimate of drug-likeness (QED) is 0.734. The lowest BCUT2D eigenvalue weighted by molar-refractivity contribution is -0.127. The van der Waals surface area contributed by atoms with Crippen LogP contribution in [-0.4, -0.2) is 42.5 Å². The van der Waals surface area contributed by atoms with Crippen LogP contribution in [0.4, 0.5) is 0 Å². The third-order valence-corrected chi connectivity index (χ3v) is 3.61. The highest BCUT2D eigenvalue weighted by atomic mass is 16.5. The summed E-state index contributed by atoms with van der Waals surface area (Å²) in [6.45, 7) is 8.95. The predicted molar refractivity (Wildman–Crippen MR) is 63.4 cm³/mol. The number of hydrogen-bond acceptors (Lipinski definition) is 3. The Hall–Kier alpha value is -0.410. The van der Waals surface area contributed by atoms with Crippen LogP contribution >= 0.6 is 0 Å². The average Bonchev–Trinajstić information content (AvgIpc) is 2.53. The summed E-state index contributed by atoms with van der Waals surface area (Å²) in [6, 6.07) is 0. The molecule has 0 amide bonds. The molecule has 2 fully saturated rings. The molecular formula is C13H23NO2. The number of carbonyl (C=O) groups excluding carboxylic acids is 1. The molecule has 92 valence electrons. The second-order valence-corrected chi connectivity index (χ2v) is 6.14. The first-order valence-corrected chi connectivity index (χ1v) is 6.36. The summed E-state index contributed by atoms with van der Waals surface area (Å²) >= 11 is 0. The maximum Gasteiger partial charge on any atom is 0.139 e. The molecule has 3 heteroatoms. The van der Waals surface area contributed by atoms with E-state index < -0.39 is 0 Å². The van der Waals surface area contributed by atoms with E-state index in [0.717, 1.165) is 19.6 Å². The fourth-order valence-electron chi connectivity index (χ4n) is 2.52. The lowest BCUT2D eigenvalue weighted by atomic mass is 9.89. The number of hydrogen-bond donors (Lipinski definition) is 0. The summed E-state index contributed by atoms with van der Waals surface area (Å²) < 4.78 is 5.77. The second-order valence-electron chi connectivity index (χ2n) is 6.14. The standard InChI is InChI=1S/C13H23NO2/c1-13(2,3)12(15)6-7-14-8-10-4-5-11(9-14)16-10/h10-11H,4-9H2,1-3H3. The van der Waals surface area contributed by atoms with Crippen molar-refractivity contribution in [3.63, 3.8) is 0 Å². The highest BCUT2D eigenvalue weighted by molar-refractivity contribution is 5.83.